The van der Waals surface area contributed by atoms with Crippen LogP contribution >= 0.6 is 0 Å². The third kappa shape index (κ3) is 2.26. The van der Waals surface area contributed by atoms with E-state index in [1.54, 1.807) is 0 Å². The Morgan fingerprint density at radius 3 is 2.71 bits per heavy atom. The van der Waals surface area contributed by atoms with Crippen molar-refractivity contribution in [2.45, 2.75) is 26.9 Å². The summed E-state index contributed by atoms with van der Waals surface area (Å²) >= 11 is 0. The summed E-state index contributed by atoms with van der Waals surface area (Å²) in [7, 11) is 4.04. The molecule has 0 aliphatic carbocycles. The first-order valence-corrected chi connectivity index (χ1v) is 5.22. The molecule has 2 heterocycles. The zero-order valence-electron chi connectivity index (χ0n) is 9.54. The van der Waals surface area contributed by atoms with Crippen LogP contribution in [0, 0.1) is 0 Å². The normalized spacial score (nSPS) is 15.4. The molecule has 0 aromatic carbocycles. The van der Waals surface area contributed by atoms with Crippen molar-refractivity contribution in [2.24, 2.45) is 0 Å². The quantitative estimate of drug-likeness (QED) is 0.737. The average molecular weight is 196 g/mol. The molecule has 80 valence electrons. The number of nitrogens with one attached hydrogen (secondary N) is 1. The van der Waals surface area contributed by atoms with Gasteiger partial charge in [0.15, 0.2) is 0 Å². The van der Waals surface area contributed by atoms with Crippen molar-refractivity contribution < 1.29 is 0 Å². The number of hydrogen-bond acceptors (Lipinski definition) is 3. The van der Waals surface area contributed by atoms with Crippen LogP contribution in [-0.2, 0) is 13.1 Å². The fourth-order valence-electron chi connectivity index (χ4n) is 1.52. The first-order valence-electron chi connectivity index (χ1n) is 5.22. The van der Waals surface area contributed by atoms with E-state index in [9.17, 15) is 0 Å². The van der Waals surface area contributed by atoms with E-state index in [0.717, 1.165) is 25.5 Å². The predicted octanol–water partition coefficient (Wildman–Crippen LogP) is 1.40. The van der Waals surface area contributed by atoms with Gasteiger partial charge >= 0.3 is 0 Å². The Morgan fingerprint density at radius 2 is 2.07 bits per heavy atom. The lowest BCUT2D eigenvalue weighted by Crippen LogP contribution is -2.30. The summed E-state index contributed by atoms with van der Waals surface area (Å²) in [6, 6.07) is 2.11. The van der Waals surface area contributed by atoms with Gasteiger partial charge in [-0.2, -0.15) is 5.10 Å². The first kappa shape index (κ1) is 11.0. The molecule has 0 spiro atoms. The molecule has 14 heavy (non-hydrogen) atoms. The van der Waals surface area contributed by atoms with Crippen LogP contribution in [0.4, 0.5) is 5.82 Å². The largest absolute Gasteiger partial charge is 0.372 e. The first-order chi connectivity index (χ1) is 6.79. The van der Waals surface area contributed by atoms with Crippen LogP contribution in [0.1, 0.15) is 19.5 Å². The van der Waals surface area contributed by atoms with Crippen molar-refractivity contribution in [1.29, 1.82) is 0 Å². The van der Waals surface area contributed by atoms with Crippen molar-refractivity contribution >= 4 is 5.82 Å². The standard InChI is InChI=1S/C8H14N4.C2H6/c1-9-8-5-7-6-11(2)3-4-12(7)10-8;1-2/h5H,3-4,6H2,1-2H3,(H,9,10);1-2H3. The van der Waals surface area contributed by atoms with Crippen LogP contribution in [0.3, 0.4) is 0 Å². The van der Waals surface area contributed by atoms with E-state index in [-0.39, 0.29) is 0 Å². The third-order valence-corrected chi connectivity index (χ3v) is 2.24. The van der Waals surface area contributed by atoms with Crippen molar-refractivity contribution in [3.05, 3.63) is 11.8 Å². The van der Waals surface area contributed by atoms with Crippen LogP contribution in [0.25, 0.3) is 0 Å². The smallest absolute Gasteiger partial charge is 0.148 e. The summed E-state index contributed by atoms with van der Waals surface area (Å²) < 4.78 is 2.08. The molecule has 0 amide bonds. The van der Waals surface area contributed by atoms with Gasteiger partial charge in [0.1, 0.15) is 5.82 Å². The van der Waals surface area contributed by atoms with Gasteiger partial charge in [-0.1, -0.05) is 13.8 Å². The van der Waals surface area contributed by atoms with Crippen molar-refractivity contribution in [1.82, 2.24) is 14.7 Å². The van der Waals surface area contributed by atoms with E-state index in [1.165, 1.54) is 5.69 Å². The second kappa shape index (κ2) is 5.00. The van der Waals surface area contributed by atoms with Gasteiger partial charge in [0.25, 0.3) is 0 Å². The Hall–Kier alpha value is -1.03. The molecule has 0 unspecified atom stereocenters. The third-order valence-electron chi connectivity index (χ3n) is 2.24. The Morgan fingerprint density at radius 1 is 1.36 bits per heavy atom. The molecule has 1 aromatic heterocycles. The highest BCUT2D eigenvalue weighted by Gasteiger charge is 2.14. The minimum Gasteiger partial charge on any atom is -0.372 e. The molecule has 0 atom stereocenters. The van der Waals surface area contributed by atoms with Crippen LogP contribution in [0.15, 0.2) is 6.07 Å². The lowest BCUT2D eigenvalue weighted by Gasteiger charge is -2.22. The Balaban J connectivity index is 0.000000461. The molecule has 0 saturated carbocycles. The van der Waals surface area contributed by atoms with Gasteiger partial charge in [0, 0.05) is 26.2 Å². The van der Waals surface area contributed by atoms with E-state index in [0.29, 0.717) is 0 Å². The zero-order valence-corrected chi connectivity index (χ0v) is 9.54. The maximum atomic E-state index is 4.38. The fraction of sp³-hybridized carbons (Fsp3) is 0.700. The van der Waals surface area contributed by atoms with Gasteiger partial charge < -0.3 is 5.32 Å². The number of aromatic nitrogens is 2. The molecule has 1 aliphatic rings. The number of hydrogen-bond donors (Lipinski definition) is 1. The fourth-order valence-corrected chi connectivity index (χ4v) is 1.52. The van der Waals surface area contributed by atoms with E-state index in [4.69, 9.17) is 0 Å². The highest BCUT2D eigenvalue weighted by Crippen LogP contribution is 2.14. The molecule has 0 bridgehead atoms. The van der Waals surface area contributed by atoms with Gasteiger partial charge in [0.05, 0.1) is 12.2 Å². The van der Waals surface area contributed by atoms with Crippen LogP contribution in [0.2, 0.25) is 0 Å². The molecule has 0 fully saturated rings. The minimum atomic E-state index is 0.973. The van der Waals surface area contributed by atoms with Crippen molar-refractivity contribution in [2.75, 3.05) is 26.0 Å². The number of rotatable bonds is 1. The van der Waals surface area contributed by atoms with Crippen molar-refractivity contribution in [3.8, 4) is 0 Å². The SMILES string of the molecule is CC.CNc1cc2n(n1)CCN(C)C2. The maximum absolute atomic E-state index is 4.38. The molecule has 2 rings (SSSR count). The summed E-state index contributed by atoms with van der Waals surface area (Å²) in [4.78, 5) is 2.30. The Kier molecular flexibility index (Phi) is 3.95. The van der Waals surface area contributed by atoms with Gasteiger partial charge in [-0.3, -0.25) is 9.58 Å². The molecule has 1 aromatic rings. The number of likely N-dealkylation sites (N-methyl/N-ethyl adjacent to an activating group) is 1. The molecular formula is C10H20N4. The summed E-state index contributed by atoms with van der Waals surface area (Å²) in [6.07, 6.45) is 0. The molecule has 4 nitrogen and oxygen atoms in total. The number of fused-ring (bicyclic) bond motifs is 1. The number of anilines is 1. The van der Waals surface area contributed by atoms with Crippen molar-refractivity contribution in [3.63, 3.8) is 0 Å². The summed E-state index contributed by atoms with van der Waals surface area (Å²) in [6.45, 7) is 7.11. The monoisotopic (exact) mass is 196 g/mol. The van der Waals surface area contributed by atoms with E-state index in [1.807, 2.05) is 20.9 Å². The lowest BCUT2D eigenvalue weighted by molar-refractivity contribution is 0.259. The molecule has 0 radical (unpaired) electrons. The summed E-state index contributed by atoms with van der Waals surface area (Å²) in [5.74, 6) is 0.973. The Bertz CT molecular complexity index is 280. The van der Waals surface area contributed by atoms with Gasteiger partial charge in [-0.25, -0.2) is 0 Å². The van der Waals surface area contributed by atoms with Crippen LogP contribution in [-0.4, -0.2) is 35.3 Å². The van der Waals surface area contributed by atoms with Gasteiger partial charge in [0.2, 0.25) is 0 Å². The average Bonchev–Trinajstić information content (AvgIpc) is 2.62. The highest BCUT2D eigenvalue weighted by molar-refractivity contribution is 5.35. The highest BCUT2D eigenvalue weighted by atomic mass is 15.4. The van der Waals surface area contributed by atoms with E-state index < -0.39 is 0 Å². The zero-order chi connectivity index (χ0) is 10.6. The second-order valence-electron chi connectivity index (χ2n) is 3.23. The predicted molar refractivity (Wildman–Crippen MR) is 59.5 cm³/mol. The summed E-state index contributed by atoms with van der Waals surface area (Å²) in [5.41, 5.74) is 1.30. The lowest BCUT2D eigenvalue weighted by atomic mass is 10.3. The second-order valence-corrected chi connectivity index (χ2v) is 3.23. The minimum absolute atomic E-state index is 0.973. The van der Waals surface area contributed by atoms with E-state index >= 15 is 0 Å². The molecular weight excluding hydrogens is 176 g/mol. The maximum Gasteiger partial charge on any atom is 0.148 e. The van der Waals surface area contributed by atoms with Crippen LogP contribution < -0.4 is 5.32 Å². The van der Waals surface area contributed by atoms with Gasteiger partial charge in [-0.05, 0) is 7.05 Å². The Labute approximate surface area is 85.9 Å². The molecule has 1 N–H and O–H groups in total. The van der Waals surface area contributed by atoms with Crippen LogP contribution in [0.5, 0.6) is 0 Å². The molecule has 4 heteroatoms. The molecule has 0 saturated heterocycles. The topological polar surface area (TPSA) is 33.1 Å². The van der Waals surface area contributed by atoms with E-state index in [2.05, 4.69) is 33.1 Å². The molecule has 1 aliphatic heterocycles. The number of nitrogens with zero attached hydrogens (tertiary/aromatic N) is 3. The van der Waals surface area contributed by atoms with Gasteiger partial charge in [-0.15, -0.1) is 0 Å². The summed E-state index contributed by atoms with van der Waals surface area (Å²) in [5, 5.41) is 7.43.